The number of nitrogens with zero attached hydrogens (tertiary/aromatic N) is 3. The predicted molar refractivity (Wildman–Crippen MR) is 118 cm³/mol. The van der Waals surface area contributed by atoms with E-state index in [0.29, 0.717) is 5.02 Å². The molecule has 3 heterocycles. The molecule has 0 spiro atoms. The molecule has 1 fully saturated rings. The second-order valence-corrected chi connectivity index (χ2v) is 8.88. The van der Waals surface area contributed by atoms with Gasteiger partial charge in [-0.25, -0.2) is 9.97 Å². The Labute approximate surface area is 186 Å². The van der Waals surface area contributed by atoms with Crippen molar-refractivity contribution in [1.82, 2.24) is 14.5 Å². The molecule has 1 unspecified atom stereocenters. The molecule has 4 rings (SSSR count). The van der Waals surface area contributed by atoms with Gasteiger partial charge in [-0.15, -0.1) is 0 Å². The molecule has 0 radical (unpaired) electrons. The van der Waals surface area contributed by atoms with E-state index in [1.807, 2.05) is 63.6 Å². The van der Waals surface area contributed by atoms with Crippen molar-refractivity contribution >= 4 is 22.6 Å². The van der Waals surface area contributed by atoms with Crippen LogP contribution in [0.3, 0.4) is 0 Å². The first-order valence-electron chi connectivity index (χ1n) is 10.4. The summed E-state index contributed by atoms with van der Waals surface area (Å²) in [6.45, 7) is 9.66. The highest BCUT2D eigenvalue weighted by atomic mass is 35.5. The summed E-state index contributed by atoms with van der Waals surface area (Å²) in [5.74, 6) is -0.844. The molecule has 0 aliphatic carbocycles. The van der Waals surface area contributed by atoms with E-state index < -0.39 is 24.2 Å². The minimum atomic E-state index is -0.905. The molecule has 31 heavy (non-hydrogen) atoms. The van der Waals surface area contributed by atoms with E-state index in [1.165, 1.54) is 0 Å². The fourth-order valence-electron chi connectivity index (χ4n) is 3.98. The molecular formula is C23H28ClN3O4. The molecule has 1 aromatic carbocycles. The smallest absolute Gasteiger partial charge is 0.163 e. The Morgan fingerprint density at radius 2 is 2.00 bits per heavy atom. The lowest BCUT2D eigenvalue weighted by molar-refractivity contribution is -0.309. The lowest BCUT2D eigenvalue weighted by Crippen LogP contribution is -2.45. The van der Waals surface area contributed by atoms with E-state index in [9.17, 15) is 5.11 Å². The van der Waals surface area contributed by atoms with Gasteiger partial charge in [0, 0.05) is 16.6 Å². The third kappa shape index (κ3) is 4.47. The zero-order chi connectivity index (χ0) is 22.3. The third-order valence-corrected chi connectivity index (χ3v) is 6.06. The first-order chi connectivity index (χ1) is 14.7. The number of ether oxygens (including phenoxy) is 3. The summed E-state index contributed by atoms with van der Waals surface area (Å²) in [7, 11) is 0. The molecule has 0 amide bonds. The summed E-state index contributed by atoms with van der Waals surface area (Å²) >= 11 is 6.16. The van der Waals surface area contributed by atoms with Gasteiger partial charge < -0.3 is 23.9 Å². The number of aliphatic hydroxyl groups excluding tert-OH is 1. The highest BCUT2D eigenvalue weighted by Crippen LogP contribution is 2.34. The third-order valence-electron chi connectivity index (χ3n) is 5.64. The number of fused-ring (bicyclic) bond motifs is 1. The van der Waals surface area contributed by atoms with E-state index in [0.717, 1.165) is 27.9 Å². The molecule has 2 aromatic heterocycles. The van der Waals surface area contributed by atoms with E-state index in [2.05, 4.69) is 9.97 Å². The summed E-state index contributed by atoms with van der Waals surface area (Å²) < 4.78 is 20.5. The monoisotopic (exact) mass is 445 g/mol. The molecule has 4 atom stereocenters. The van der Waals surface area contributed by atoms with Crippen molar-refractivity contribution in [3.05, 3.63) is 58.6 Å². The lowest BCUT2D eigenvalue weighted by atomic mass is 10.0. The molecule has 0 saturated carbocycles. The molecule has 8 heteroatoms. The Morgan fingerprint density at radius 3 is 2.74 bits per heavy atom. The first kappa shape index (κ1) is 22.2. The summed E-state index contributed by atoms with van der Waals surface area (Å²) in [5, 5.41) is 12.8. The molecule has 1 aliphatic heterocycles. The van der Waals surface area contributed by atoms with Crippen LogP contribution in [0.25, 0.3) is 11.0 Å². The van der Waals surface area contributed by atoms with Crippen molar-refractivity contribution in [2.45, 2.75) is 64.9 Å². The van der Waals surface area contributed by atoms with E-state index in [-0.39, 0.29) is 12.7 Å². The predicted octanol–water partition coefficient (Wildman–Crippen LogP) is 4.49. The van der Waals surface area contributed by atoms with Crippen LogP contribution in [-0.2, 0) is 14.2 Å². The maximum absolute atomic E-state index is 11.2. The number of aliphatic hydroxyl groups is 1. The molecule has 166 valence electrons. The van der Waals surface area contributed by atoms with Gasteiger partial charge in [0.25, 0.3) is 0 Å². The van der Waals surface area contributed by atoms with Gasteiger partial charge in [-0.2, -0.15) is 0 Å². The highest BCUT2D eigenvalue weighted by Gasteiger charge is 2.38. The summed E-state index contributed by atoms with van der Waals surface area (Å²) in [4.78, 5) is 8.73. The van der Waals surface area contributed by atoms with Gasteiger partial charge in [-0.1, -0.05) is 23.7 Å². The highest BCUT2D eigenvalue weighted by molar-refractivity contribution is 6.31. The van der Waals surface area contributed by atoms with Gasteiger partial charge >= 0.3 is 0 Å². The molecule has 7 nitrogen and oxygen atoms in total. The number of benzene rings is 1. The van der Waals surface area contributed by atoms with Crippen LogP contribution in [0, 0.1) is 13.8 Å². The van der Waals surface area contributed by atoms with Gasteiger partial charge in [-0.05, 0) is 57.9 Å². The first-order valence-corrected chi connectivity index (χ1v) is 10.7. The van der Waals surface area contributed by atoms with Gasteiger partial charge in [0.1, 0.15) is 30.3 Å². The Kier molecular flexibility index (Phi) is 6.07. The Morgan fingerprint density at radius 1 is 1.23 bits per heavy atom. The van der Waals surface area contributed by atoms with Crippen LogP contribution >= 0.6 is 11.6 Å². The van der Waals surface area contributed by atoms with Gasteiger partial charge in [0.15, 0.2) is 12.0 Å². The van der Waals surface area contributed by atoms with Crippen LogP contribution in [0.1, 0.15) is 49.9 Å². The summed E-state index contributed by atoms with van der Waals surface area (Å²) in [6.07, 6.45) is 1.03. The van der Waals surface area contributed by atoms with Gasteiger partial charge in [-0.3, -0.25) is 0 Å². The van der Waals surface area contributed by atoms with E-state index >= 15 is 0 Å². The number of halogens is 1. The van der Waals surface area contributed by atoms with Gasteiger partial charge in [0.05, 0.1) is 12.3 Å². The maximum Gasteiger partial charge on any atom is 0.163 e. The second-order valence-electron chi connectivity index (χ2n) is 8.47. The summed E-state index contributed by atoms with van der Waals surface area (Å²) in [5.41, 5.74) is 3.25. The molecule has 1 N–H and O–H groups in total. The van der Waals surface area contributed by atoms with Crippen LogP contribution in [0.2, 0.25) is 5.02 Å². The van der Waals surface area contributed by atoms with Crippen molar-refractivity contribution in [2.75, 3.05) is 6.61 Å². The number of aryl methyl sites for hydroxylation is 2. The Hall–Kier alpha value is -2.03. The van der Waals surface area contributed by atoms with Gasteiger partial charge in [0.2, 0.25) is 0 Å². The zero-order valence-electron chi connectivity index (χ0n) is 18.4. The van der Waals surface area contributed by atoms with Crippen LogP contribution in [0.15, 0.2) is 36.8 Å². The standard InChI is InChI=1S/C23H28ClN3O4/c1-13-10-16(6-7-18(13)24)20(28)19-11-29-23(4,5)31-15(3)22(30-19)27-9-8-17-14(2)25-12-26-21(17)27/h6-10,12,15,19-20,22,28H,11H2,1-5H3/t15-,19?,20-,22-/m1/s1. The number of hydrogen-bond acceptors (Lipinski definition) is 6. The molecular weight excluding hydrogens is 418 g/mol. The SMILES string of the molecule is Cc1cc([C@@H](O)C2COC(C)(C)O[C@H](C)[C@H](n3ccc4c(C)ncnc43)O2)ccc1Cl. The van der Waals surface area contributed by atoms with Crippen molar-refractivity contribution in [2.24, 2.45) is 0 Å². The van der Waals surface area contributed by atoms with E-state index in [4.69, 9.17) is 25.8 Å². The maximum atomic E-state index is 11.2. The summed E-state index contributed by atoms with van der Waals surface area (Å²) in [6, 6.07) is 7.43. The molecule has 3 aromatic rings. The quantitative estimate of drug-likeness (QED) is 0.639. The second kappa shape index (κ2) is 8.48. The van der Waals surface area contributed by atoms with Crippen molar-refractivity contribution in [3.8, 4) is 0 Å². The van der Waals surface area contributed by atoms with Crippen LogP contribution < -0.4 is 0 Å². The zero-order valence-corrected chi connectivity index (χ0v) is 19.1. The number of hydrogen-bond donors (Lipinski definition) is 1. The van der Waals surface area contributed by atoms with Crippen LogP contribution in [-0.4, -0.2) is 44.2 Å². The lowest BCUT2D eigenvalue weighted by Gasteiger charge is -2.40. The minimum absolute atomic E-state index is 0.159. The topological polar surface area (TPSA) is 78.6 Å². The average molecular weight is 446 g/mol. The minimum Gasteiger partial charge on any atom is -0.386 e. The average Bonchev–Trinajstić information content (AvgIpc) is 3.13. The van der Waals surface area contributed by atoms with Crippen LogP contribution in [0.5, 0.6) is 0 Å². The van der Waals surface area contributed by atoms with Crippen molar-refractivity contribution in [3.63, 3.8) is 0 Å². The molecule has 1 saturated heterocycles. The largest absolute Gasteiger partial charge is 0.386 e. The van der Waals surface area contributed by atoms with Crippen molar-refractivity contribution < 1.29 is 19.3 Å². The Bertz CT molecular complexity index is 1080. The van der Waals surface area contributed by atoms with E-state index in [1.54, 1.807) is 12.4 Å². The normalized spacial score (nSPS) is 25.2. The van der Waals surface area contributed by atoms with Crippen molar-refractivity contribution in [1.29, 1.82) is 0 Å². The fourth-order valence-corrected chi connectivity index (χ4v) is 4.10. The van der Waals surface area contributed by atoms with Crippen LogP contribution in [0.4, 0.5) is 0 Å². The fraction of sp³-hybridized carbons (Fsp3) is 0.478. The molecule has 1 aliphatic rings. The molecule has 0 bridgehead atoms. The number of aromatic nitrogens is 3. The Balaban J connectivity index is 1.72. The number of rotatable bonds is 3.